The first-order valence-electron chi connectivity index (χ1n) is 7.30. The third-order valence-corrected chi connectivity index (χ3v) is 5.02. The summed E-state index contributed by atoms with van der Waals surface area (Å²) in [4.78, 5) is 12.7. The fourth-order valence-corrected chi connectivity index (χ4v) is 3.74. The van der Waals surface area contributed by atoms with Crippen LogP contribution in [0.4, 0.5) is 5.13 Å². The monoisotopic (exact) mass is 361 g/mol. The van der Waals surface area contributed by atoms with Crippen LogP contribution in [0.3, 0.4) is 0 Å². The molecule has 0 aliphatic heterocycles. The molecule has 8 nitrogen and oxygen atoms in total. The number of nitrogens with zero attached hydrogens (tertiary/aromatic N) is 6. The zero-order valence-corrected chi connectivity index (χ0v) is 14.5. The maximum atomic E-state index is 12.7. The van der Waals surface area contributed by atoms with Gasteiger partial charge < -0.3 is 0 Å². The molecule has 0 unspecified atom stereocenters. The molecule has 1 atom stereocenters. The first-order chi connectivity index (χ1) is 11.8. The van der Waals surface area contributed by atoms with Gasteiger partial charge in [0.25, 0.3) is 5.91 Å². The second-order valence-corrected chi connectivity index (χ2v) is 7.28. The van der Waals surface area contributed by atoms with Crippen LogP contribution in [0.5, 0.6) is 0 Å². The quantitative estimate of drug-likeness (QED) is 0.508. The van der Waals surface area contributed by atoms with Gasteiger partial charge in [0, 0.05) is 6.42 Å². The lowest BCUT2D eigenvalue weighted by Gasteiger charge is -2.15. The largest absolute Gasteiger partial charge is 0.299 e. The number of carbonyl (C=O) groups excluding carboxylic acids is 1. The first kappa shape index (κ1) is 16.5. The van der Waals surface area contributed by atoms with Crippen LogP contribution in [0.15, 0.2) is 41.0 Å². The molecule has 0 saturated heterocycles. The molecule has 1 aromatic carbocycles. The molecule has 0 spiro atoms. The number of thioether (sulfide) groups is 1. The van der Waals surface area contributed by atoms with Crippen molar-refractivity contribution in [1.82, 2.24) is 30.4 Å². The summed E-state index contributed by atoms with van der Waals surface area (Å²) in [5, 5.41) is 22.4. The van der Waals surface area contributed by atoms with Crippen molar-refractivity contribution in [3.8, 4) is 0 Å². The molecular formula is C14H15N7OS2. The highest BCUT2D eigenvalue weighted by Crippen LogP contribution is 2.26. The highest BCUT2D eigenvalue weighted by molar-refractivity contribution is 8.01. The van der Waals surface area contributed by atoms with E-state index in [1.165, 1.54) is 22.3 Å². The van der Waals surface area contributed by atoms with Gasteiger partial charge in [-0.3, -0.25) is 10.1 Å². The van der Waals surface area contributed by atoms with Crippen molar-refractivity contribution in [2.24, 2.45) is 0 Å². The third-order valence-electron chi connectivity index (χ3n) is 3.16. The minimum absolute atomic E-state index is 0.227. The van der Waals surface area contributed by atoms with Crippen LogP contribution in [0.1, 0.15) is 18.5 Å². The van der Waals surface area contributed by atoms with Crippen molar-refractivity contribution in [3.05, 3.63) is 42.2 Å². The number of benzene rings is 1. The van der Waals surface area contributed by atoms with Gasteiger partial charge in [0.1, 0.15) is 12.4 Å². The van der Waals surface area contributed by atoms with E-state index in [4.69, 9.17) is 0 Å². The molecule has 1 N–H and O–H groups in total. The van der Waals surface area contributed by atoms with E-state index in [2.05, 4.69) is 31.0 Å². The van der Waals surface area contributed by atoms with Crippen molar-refractivity contribution < 1.29 is 4.79 Å². The van der Waals surface area contributed by atoms with Crippen LogP contribution in [-0.4, -0.2) is 42.1 Å². The molecule has 24 heavy (non-hydrogen) atoms. The van der Waals surface area contributed by atoms with Crippen LogP contribution in [-0.2, 0) is 11.2 Å². The second kappa shape index (κ2) is 7.97. The number of anilines is 1. The van der Waals surface area contributed by atoms with Crippen LogP contribution in [0.25, 0.3) is 0 Å². The lowest BCUT2D eigenvalue weighted by molar-refractivity contribution is -0.119. The average Bonchev–Trinajstić information content (AvgIpc) is 3.26. The Kier molecular flexibility index (Phi) is 5.49. The van der Waals surface area contributed by atoms with Gasteiger partial charge in [-0.15, -0.1) is 15.3 Å². The number of amides is 1. The minimum Gasteiger partial charge on any atom is -0.299 e. The fourth-order valence-electron chi connectivity index (χ4n) is 2.09. The van der Waals surface area contributed by atoms with Crippen LogP contribution >= 0.6 is 23.1 Å². The van der Waals surface area contributed by atoms with Crippen LogP contribution < -0.4 is 5.32 Å². The molecule has 10 heteroatoms. The van der Waals surface area contributed by atoms with Gasteiger partial charge in [0.05, 0.1) is 0 Å². The number of carbonyl (C=O) groups is 1. The maximum Gasteiger partial charge on any atom is 0.251 e. The van der Waals surface area contributed by atoms with Crippen LogP contribution in [0.2, 0.25) is 0 Å². The van der Waals surface area contributed by atoms with E-state index in [0.29, 0.717) is 11.6 Å². The summed E-state index contributed by atoms with van der Waals surface area (Å²) in [6.45, 7) is 2.04. The number of aromatic nitrogens is 6. The standard InChI is InChI=1S/C14H15N7OS2/c1-2-23-14-18-17-13(24-14)16-12(22)11(21-9-15-19-20-21)8-10-6-4-3-5-7-10/h3-7,9,11H,2,8H2,1H3,(H,16,17,22)/t11-/m0/s1. The molecule has 0 fully saturated rings. The summed E-state index contributed by atoms with van der Waals surface area (Å²) in [6, 6.07) is 9.17. The summed E-state index contributed by atoms with van der Waals surface area (Å²) in [6.07, 6.45) is 1.92. The van der Waals surface area contributed by atoms with Crippen molar-refractivity contribution in [1.29, 1.82) is 0 Å². The summed E-state index contributed by atoms with van der Waals surface area (Å²) in [7, 11) is 0. The zero-order valence-electron chi connectivity index (χ0n) is 12.9. The van der Waals surface area contributed by atoms with E-state index in [9.17, 15) is 4.79 Å². The summed E-state index contributed by atoms with van der Waals surface area (Å²) in [5.74, 6) is 0.680. The van der Waals surface area contributed by atoms with Gasteiger partial charge in [0.2, 0.25) is 5.13 Å². The molecule has 3 aromatic rings. The van der Waals surface area contributed by atoms with Gasteiger partial charge in [-0.1, -0.05) is 60.4 Å². The Labute approximate surface area is 146 Å². The van der Waals surface area contributed by atoms with E-state index >= 15 is 0 Å². The summed E-state index contributed by atoms with van der Waals surface area (Å²) >= 11 is 2.94. The topological polar surface area (TPSA) is 98.5 Å². The first-order valence-corrected chi connectivity index (χ1v) is 9.10. The average molecular weight is 361 g/mol. The molecule has 124 valence electrons. The number of hydrogen-bond acceptors (Lipinski definition) is 8. The maximum absolute atomic E-state index is 12.7. The second-order valence-electron chi connectivity index (χ2n) is 4.79. The van der Waals surface area contributed by atoms with Crippen molar-refractivity contribution in [2.75, 3.05) is 11.1 Å². The number of hydrogen-bond donors (Lipinski definition) is 1. The van der Waals surface area contributed by atoms with E-state index in [1.807, 2.05) is 37.3 Å². The van der Waals surface area contributed by atoms with Gasteiger partial charge >= 0.3 is 0 Å². The van der Waals surface area contributed by atoms with Gasteiger partial charge in [-0.2, -0.15) is 0 Å². The molecule has 0 saturated carbocycles. The van der Waals surface area contributed by atoms with Gasteiger partial charge in [0.15, 0.2) is 4.34 Å². The van der Waals surface area contributed by atoms with Gasteiger partial charge in [-0.05, 0) is 21.7 Å². The number of tetrazole rings is 1. The van der Waals surface area contributed by atoms with Crippen molar-refractivity contribution in [3.63, 3.8) is 0 Å². The number of nitrogens with one attached hydrogen (secondary N) is 1. The highest BCUT2D eigenvalue weighted by Gasteiger charge is 2.23. The lowest BCUT2D eigenvalue weighted by atomic mass is 10.1. The summed E-state index contributed by atoms with van der Waals surface area (Å²) in [5.41, 5.74) is 1.02. The number of rotatable bonds is 7. The third kappa shape index (κ3) is 4.15. The molecule has 0 bridgehead atoms. The molecule has 2 aromatic heterocycles. The molecule has 0 aliphatic carbocycles. The van der Waals surface area contributed by atoms with Crippen molar-refractivity contribution in [2.45, 2.75) is 23.7 Å². The fraction of sp³-hybridized carbons (Fsp3) is 0.286. The lowest BCUT2D eigenvalue weighted by Crippen LogP contribution is -2.28. The van der Waals surface area contributed by atoms with E-state index in [0.717, 1.165) is 15.7 Å². The van der Waals surface area contributed by atoms with Gasteiger partial charge in [-0.25, -0.2) is 4.68 Å². The molecule has 2 heterocycles. The Balaban J connectivity index is 1.75. The summed E-state index contributed by atoms with van der Waals surface area (Å²) < 4.78 is 2.28. The molecule has 0 radical (unpaired) electrons. The van der Waals surface area contributed by atoms with Crippen molar-refractivity contribution >= 4 is 34.1 Å². The minimum atomic E-state index is -0.562. The highest BCUT2D eigenvalue weighted by atomic mass is 32.2. The van der Waals surface area contributed by atoms with E-state index in [1.54, 1.807) is 11.8 Å². The molecular weight excluding hydrogens is 346 g/mol. The van der Waals surface area contributed by atoms with E-state index in [-0.39, 0.29) is 5.91 Å². The Hall–Kier alpha value is -2.33. The smallest absolute Gasteiger partial charge is 0.251 e. The molecule has 3 rings (SSSR count). The molecule has 0 aliphatic rings. The van der Waals surface area contributed by atoms with E-state index < -0.39 is 6.04 Å². The van der Waals surface area contributed by atoms with Crippen LogP contribution in [0, 0.1) is 0 Å². The zero-order chi connectivity index (χ0) is 16.8. The predicted octanol–water partition coefficient (Wildman–Crippen LogP) is 2.06. The SMILES string of the molecule is CCSc1nnc(NC(=O)[C@H](Cc2ccccc2)n2cnnn2)s1. The molecule has 1 amide bonds. The Morgan fingerprint density at radius 1 is 1.33 bits per heavy atom. The Bertz CT molecular complexity index is 776. The Morgan fingerprint density at radius 3 is 2.88 bits per heavy atom. The Morgan fingerprint density at radius 2 is 2.17 bits per heavy atom. The normalized spacial score (nSPS) is 12.0. The predicted molar refractivity (Wildman–Crippen MR) is 91.9 cm³/mol.